The largest absolute Gasteiger partial charge is 0.494 e. The van der Waals surface area contributed by atoms with E-state index in [9.17, 15) is 37.6 Å². The number of piperazine rings is 1. The fourth-order valence-electron chi connectivity index (χ4n) is 14.8. The molecule has 93 heavy (non-hydrogen) atoms. The van der Waals surface area contributed by atoms with Gasteiger partial charge in [-0.3, -0.25) is 24.1 Å². The van der Waals surface area contributed by atoms with Gasteiger partial charge in [-0.15, -0.1) is 0 Å². The quantitative estimate of drug-likeness (QED) is 0.0538. The number of Topliss-reactive ketones (excluding diaryl/α,β-unsaturated/α-hetero) is 1. The molecular weight excluding hydrogens is 1210 g/mol. The maximum Gasteiger partial charge on any atom is 0.435 e. The first kappa shape index (κ1) is 64.8. The second-order valence-electron chi connectivity index (χ2n) is 26.8. The molecule has 3 amide bonds. The molecule has 19 nitrogen and oxygen atoms in total. The lowest BCUT2D eigenvalue weighted by atomic mass is 9.75. The summed E-state index contributed by atoms with van der Waals surface area (Å²) in [6.45, 7) is 17.6. The van der Waals surface area contributed by atoms with Crippen molar-refractivity contribution in [3.8, 4) is 23.5 Å². The van der Waals surface area contributed by atoms with Gasteiger partial charge < -0.3 is 45.0 Å². The molecule has 6 aliphatic rings. The lowest BCUT2D eigenvalue weighted by Gasteiger charge is -2.42. The molecule has 0 bridgehead atoms. The zero-order chi connectivity index (χ0) is 65.1. The number of carbonyl (C=O) groups is 4. The van der Waals surface area contributed by atoms with E-state index in [1.54, 1.807) is 17.0 Å². The van der Waals surface area contributed by atoms with Gasteiger partial charge in [0.05, 0.1) is 83.7 Å². The van der Waals surface area contributed by atoms with Crippen LogP contribution in [0.1, 0.15) is 115 Å². The van der Waals surface area contributed by atoms with E-state index >= 15 is 0 Å². The number of fused-ring (bicyclic) bond motifs is 3. The van der Waals surface area contributed by atoms with Crippen LogP contribution in [0.15, 0.2) is 91.5 Å². The van der Waals surface area contributed by atoms with Gasteiger partial charge in [-0.2, -0.15) is 33.5 Å². The highest BCUT2D eigenvalue weighted by Gasteiger charge is 2.46. The van der Waals surface area contributed by atoms with E-state index in [0.717, 1.165) is 103 Å². The Kier molecular flexibility index (Phi) is 19.3. The number of ketones is 1. The van der Waals surface area contributed by atoms with Gasteiger partial charge in [-0.05, 0) is 167 Å². The Bertz CT molecular complexity index is 3810. The summed E-state index contributed by atoms with van der Waals surface area (Å²) in [6.07, 6.45) is 4.99. The van der Waals surface area contributed by atoms with Gasteiger partial charge in [0.1, 0.15) is 11.6 Å². The molecule has 6 aromatic rings. The van der Waals surface area contributed by atoms with Crippen molar-refractivity contribution in [2.75, 3.05) is 107 Å². The maximum atomic E-state index is 14.2. The van der Waals surface area contributed by atoms with Crippen molar-refractivity contribution in [3.05, 3.63) is 130 Å². The number of aromatic nitrogens is 4. The van der Waals surface area contributed by atoms with E-state index in [4.69, 9.17) is 36.8 Å². The van der Waals surface area contributed by atoms with E-state index in [1.807, 2.05) is 43.0 Å². The second kappa shape index (κ2) is 27.7. The molecule has 23 heteroatoms. The Labute approximate surface area is 545 Å². The van der Waals surface area contributed by atoms with Crippen LogP contribution in [0.4, 0.5) is 36.1 Å². The number of benzene rings is 4. The van der Waals surface area contributed by atoms with Gasteiger partial charge >= 0.3 is 12.2 Å². The molecule has 2 aromatic heterocycles. The van der Waals surface area contributed by atoms with Crippen LogP contribution in [-0.2, 0) is 35.2 Å². The van der Waals surface area contributed by atoms with Gasteiger partial charge in [0.25, 0.3) is 5.91 Å². The molecule has 12 rings (SSSR count). The summed E-state index contributed by atoms with van der Waals surface area (Å²) in [5.74, 6) is 1.58. The summed E-state index contributed by atoms with van der Waals surface area (Å²) in [5, 5.41) is 19.6. The molecule has 0 unspecified atom stereocenters. The van der Waals surface area contributed by atoms with Crippen molar-refractivity contribution in [2.45, 2.75) is 103 Å². The SMILES string of the molecule is C=CC(=O)N1CCN(c2nc(OC[C@@H]3CCN(C(=O)CN4CCC(CC5CCN(CCCOc6ccc(Nc7cc(-n8nc(C(F)(F)F)c9c8CC(C)(C)CC9=O)ccc7C(N)=O)cc6)CC5)CC4)C3)nc3c2CCN(c2cccc4cccc(Cl)c24)C3)C[C@@H]1CC#N. The number of halogens is 4. The van der Waals surface area contributed by atoms with Crippen molar-refractivity contribution >= 4 is 68.8 Å². The topological polar surface area (TPSA) is 212 Å². The highest BCUT2D eigenvalue weighted by Crippen LogP contribution is 2.43. The fraction of sp³-hybridized carbons (Fsp3) is 0.486. The Morgan fingerprint density at radius 2 is 1.59 bits per heavy atom. The van der Waals surface area contributed by atoms with E-state index in [0.29, 0.717) is 93.7 Å². The molecule has 1 aliphatic carbocycles. The molecule has 4 aromatic carbocycles. The molecule has 3 N–H and O–H groups in total. The minimum atomic E-state index is -4.83. The minimum Gasteiger partial charge on any atom is -0.494 e. The predicted molar refractivity (Wildman–Crippen MR) is 350 cm³/mol. The Morgan fingerprint density at radius 3 is 2.31 bits per heavy atom. The summed E-state index contributed by atoms with van der Waals surface area (Å²) in [4.78, 5) is 75.4. The first-order valence-corrected chi connectivity index (χ1v) is 33.0. The van der Waals surface area contributed by atoms with Crippen molar-refractivity contribution in [1.29, 1.82) is 5.26 Å². The molecule has 5 aliphatic heterocycles. The van der Waals surface area contributed by atoms with Crippen LogP contribution in [0.3, 0.4) is 0 Å². The molecule has 4 saturated heterocycles. The number of rotatable bonds is 20. The zero-order valence-corrected chi connectivity index (χ0v) is 53.7. The number of anilines is 4. The number of nitrogens with two attached hydrogens (primary N) is 1. The summed E-state index contributed by atoms with van der Waals surface area (Å²) in [6, 6.07) is 26.1. The van der Waals surface area contributed by atoms with Crippen LogP contribution in [0.25, 0.3) is 16.5 Å². The standard InChI is InChI=1S/C70H81ClF3N13O6/c1-4-61(89)86-34-33-85(41-51(86)18-25-75)67-54-24-32-83(58-11-6-9-48-8-5-10-55(71)63(48)58)42-57(54)78-68(79-67)93-44-47-23-31-84(40-47)62(90)43-82-29-21-46(22-30-82)36-45-19-27-81(28-20-45)26-7-35-92-52-15-12-49(13-16-52)77-56-37-50(14-17-53(56)66(76)91)87-59-38-69(2,3)39-60(88)64(59)65(80-87)70(72,73)74/h4-6,8-17,37,45-47,51,77H,1,7,18-24,26-36,38-44H2,2-3H3,(H2,76,91)/t47-,51+/m1/s1. The number of amides is 3. The number of carbonyl (C=O) groups excluding carboxylic acids is 4. The van der Waals surface area contributed by atoms with E-state index < -0.39 is 34.5 Å². The Morgan fingerprint density at radius 1 is 0.860 bits per heavy atom. The number of primary amides is 1. The van der Waals surface area contributed by atoms with E-state index in [1.165, 1.54) is 43.5 Å². The number of hydrogen-bond donors (Lipinski definition) is 2. The smallest absolute Gasteiger partial charge is 0.435 e. The molecule has 0 saturated carbocycles. The molecule has 490 valence electrons. The number of nitrogens with zero attached hydrogens (tertiary/aromatic N) is 11. The van der Waals surface area contributed by atoms with Crippen LogP contribution in [0.2, 0.25) is 5.02 Å². The minimum absolute atomic E-state index is 0.0237. The maximum absolute atomic E-state index is 14.2. The summed E-state index contributed by atoms with van der Waals surface area (Å²) in [7, 11) is 0. The van der Waals surface area contributed by atoms with Crippen LogP contribution in [0, 0.1) is 34.5 Å². The lowest BCUT2D eigenvalue weighted by molar-refractivity contribution is -0.141. The molecule has 7 heterocycles. The number of ether oxygens (including phenoxy) is 2. The molecule has 0 radical (unpaired) electrons. The predicted octanol–water partition coefficient (Wildman–Crippen LogP) is 10.7. The summed E-state index contributed by atoms with van der Waals surface area (Å²) < 4.78 is 56.3. The highest BCUT2D eigenvalue weighted by molar-refractivity contribution is 6.36. The zero-order valence-electron chi connectivity index (χ0n) is 52.9. The average Bonchev–Trinajstić information content (AvgIpc) is 1.79. The van der Waals surface area contributed by atoms with Gasteiger partial charge in [-0.25, -0.2) is 4.68 Å². The summed E-state index contributed by atoms with van der Waals surface area (Å²) in [5.41, 5.74) is 7.92. The molecular formula is C70H81ClF3N13O6. The van der Waals surface area contributed by atoms with Gasteiger partial charge in [0.2, 0.25) is 11.8 Å². The van der Waals surface area contributed by atoms with E-state index in [2.05, 4.69) is 66.9 Å². The molecule has 2 atom stereocenters. The number of piperidine rings is 2. The fourth-order valence-corrected chi connectivity index (χ4v) is 15.1. The van der Waals surface area contributed by atoms with Crippen LogP contribution >= 0.6 is 11.6 Å². The Balaban J connectivity index is 0.571. The first-order chi connectivity index (χ1) is 44.8. The van der Waals surface area contributed by atoms with Crippen molar-refractivity contribution in [3.63, 3.8) is 0 Å². The molecule has 4 fully saturated rings. The van der Waals surface area contributed by atoms with Crippen molar-refractivity contribution in [1.82, 2.24) is 39.3 Å². The van der Waals surface area contributed by atoms with Gasteiger partial charge in [0.15, 0.2) is 11.5 Å². The van der Waals surface area contributed by atoms with Crippen molar-refractivity contribution < 1.29 is 41.8 Å². The van der Waals surface area contributed by atoms with E-state index in [-0.39, 0.29) is 71.7 Å². The number of nitrogens with one attached hydrogen (secondary N) is 1. The number of likely N-dealkylation sites (tertiary alicyclic amines) is 3. The second-order valence-corrected chi connectivity index (χ2v) is 27.2. The molecule has 0 spiro atoms. The number of nitriles is 1. The Hall–Kier alpha value is -8.26. The third kappa shape index (κ3) is 14.8. The highest BCUT2D eigenvalue weighted by atomic mass is 35.5. The third-order valence-corrected chi connectivity index (χ3v) is 20.0. The van der Waals surface area contributed by atoms with Crippen LogP contribution in [-0.4, -0.2) is 161 Å². The lowest BCUT2D eigenvalue weighted by Crippen LogP contribution is -2.55. The number of hydrogen-bond acceptors (Lipinski definition) is 15. The number of alkyl halides is 3. The van der Waals surface area contributed by atoms with Gasteiger partial charge in [0, 0.05) is 80.5 Å². The van der Waals surface area contributed by atoms with Gasteiger partial charge in [-0.1, -0.05) is 56.3 Å². The van der Waals surface area contributed by atoms with Crippen LogP contribution < -0.4 is 30.3 Å². The van der Waals surface area contributed by atoms with Crippen LogP contribution in [0.5, 0.6) is 11.8 Å². The average molecular weight is 1290 g/mol. The first-order valence-electron chi connectivity index (χ1n) is 32.7. The summed E-state index contributed by atoms with van der Waals surface area (Å²) >= 11 is 6.82. The normalized spacial score (nSPS) is 19.9. The third-order valence-electron chi connectivity index (χ3n) is 19.6. The monoisotopic (exact) mass is 1290 g/mol. The van der Waals surface area contributed by atoms with Crippen molar-refractivity contribution in [2.24, 2.45) is 28.9 Å².